The number of ether oxygens (including phenoxy) is 1. The van der Waals surface area contributed by atoms with Gasteiger partial charge in [0, 0.05) is 29.8 Å². The van der Waals surface area contributed by atoms with E-state index in [-0.39, 0.29) is 22.3 Å². The fraction of sp³-hybridized carbons (Fsp3) is 0.500. The predicted octanol–water partition coefficient (Wildman–Crippen LogP) is 2.05. The lowest BCUT2D eigenvalue weighted by Gasteiger charge is -2.26. The number of fused-ring (bicyclic) bond motifs is 3. The standard InChI is InChI=1S/C12H14N2O3/c1-12(2)9-7-8(14(15)16)3-4-10(9)13-5-6-17-11(12)13/h3-4,7,11H,5-6H2,1-2H3. The topological polar surface area (TPSA) is 55.6 Å². The van der Waals surface area contributed by atoms with E-state index in [1.165, 1.54) is 0 Å². The Bertz CT molecular complexity index is 499. The van der Waals surface area contributed by atoms with Crippen molar-refractivity contribution in [2.45, 2.75) is 25.5 Å². The first-order valence-corrected chi connectivity index (χ1v) is 5.69. The Morgan fingerprint density at radius 2 is 2.29 bits per heavy atom. The van der Waals surface area contributed by atoms with Crippen molar-refractivity contribution in [2.24, 2.45) is 0 Å². The average Bonchev–Trinajstić information content (AvgIpc) is 2.83. The van der Waals surface area contributed by atoms with Gasteiger partial charge in [-0.25, -0.2) is 0 Å². The van der Waals surface area contributed by atoms with Gasteiger partial charge >= 0.3 is 0 Å². The summed E-state index contributed by atoms with van der Waals surface area (Å²) < 4.78 is 5.73. The summed E-state index contributed by atoms with van der Waals surface area (Å²) in [6, 6.07) is 5.08. The number of nitro groups is 1. The van der Waals surface area contributed by atoms with E-state index in [9.17, 15) is 10.1 Å². The second-order valence-electron chi connectivity index (χ2n) is 5.10. The van der Waals surface area contributed by atoms with E-state index in [2.05, 4.69) is 18.7 Å². The van der Waals surface area contributed by atoms with Crippen LogP contribution in [0.5, 0.6) is 0 Å². The molecule has 0 bridgehead atoms. The molecule has 1 unspecified atom stereocenters. The van der Waals surface area contributed by atoms with Crippen LogP contribution in [0.15, 0.2) is 18.2 Å². The fourth-order valence-corrected chi connectivity index (χ4v) is 2.85. The van der Waals surface area contributed by atoms with Gasteiger partial charge in [0.25, 0.3) is 5.69 Å². The number of rotatable bonds is 1. The molecule has 1 aromatic rings. The third-order valence-corrected chi connectivity index (χ3v) is 3.70. The molecule has 0 aromatic heterocycles. The van der Waals surface area contributed by atoms with E-state index in [0.29, 0.717) is 0 Å². The fourth-order valence-electron chi connectivity index (χ4n) is 2.85. The molecule has 2 heterocycles. The SMILES string of the molecule is CC1(C)c2cc([N+](=O)[O-])ccc2N2CCOC21. The summed E-state index contributed by atoms with van der Waals surface area (Å²) in [6.07, 6.45) is 0.0134. The molecule has 0 saturated carbocycles. The van der Waals surface area contributed by atoms with Gasteiger partial charge in [-0.05, 0) is 11.6 Å². The highest BCUT2D eigenvalue weighted by Gasteiger charge is 2.48. The summed E-state index contributed by atoms with van der Waals surface area (Å²) in [5.41, 5.74) is 2.04. The molecule has 90 valence electrons. The quantitative estimate of drug-likeness (QED) is 0.551. The molecule has 0 spiro atoms. The Kier molecular flexibility index (Phi) is 1.98. The first kappa shape index (κ1) is 10.5. The Morgan fingerprint density at radius 3 is 3.00 bits per heavy atom. The van der Waals surface area contributed by atoms with Crippen LogP contribution in [0.1, 0.15) is 19.4 Å². The molecule has 3 rings (SSSR count). The van der Waals surface area contributed by atoms with E-state index in [4.69, 9.17) is 4.74 Å². The number of nitrogens with zero attached hydrogens (tertiary/aromatic N) is 2. The Labute approximate surface area is 99.1 Å². The van der Waals surface area contributed by atoms with Crippen molar-refractivity contribution in [2.75, 3.05) is 18.1 Å². The summed E-state index contributed by atoms with van der Waals surface area (Å²) >= 11 is 0. The van der Waals surface area contributed by atoms with Gasteiger partial charge in [0.1, 0.15) is 6.23 Å². The number of hydrogen-bond acceptors (Lipinski definition) is 4. The maximum absolute atomic E-state index is 10.8. The lowest BCUT2D eigenvalue weighted by atomic mass is 9.85. The zero-order valence-corrected chi connectivity index (χ0v) is 9.84. The molecular weight excluding hydrogens is 220 g/mol. The average molecular weight is 234 g/mol. The highest BCUT2D eigenvalue weighted by Crippen LogP contribution is 2.48. The second-order valence-corrected chi connectivity index (χ2v) is 5.10. The van der Waals surface area contributed by atoms with Gasteiger partial charge in [0.2, 0.25) is 0 Å². The maximum Gasteiger partial charge on any atom is 0.269 e. The number of benzene rings is 1. The van der Waals surface area contributed by atoms with Gasteiger partial charge in [0.15, 0.2) is 0 Å². The molecule has 0 radical (unpaired) electrons. The van der Waals surface area contributed by atoms with Gasteiger partial charge in [-0.2, -0.15) is 0 Å². The Balaban J connectivity index is 2.16. The van der Waals surface area contributed by atoms with Crippen LogP contribution in [0.25, 0.3) is 0 Å². The van der Waals surface area contributed by atoms with Crippen molar-refractivity contribution < 1.29 is 9.66 Å². The molecule has 1 atom stereocenters. The van der Waals surface area contributed by atoms with Crippen molar-refractivity contribution in [1.29, 1.82) is 0 Å². The molecule has 5 nitrogen and oxygen atoms in total. The largest absolute Gasteiger partial charge is 0.356 e. The zero-order chi connectivity index (χ0) is 12.2. The van der Waals surface area contributed by atoms with Crippen LogP contribution in [0, 0.1) is 10.1 Å². The first-order chi connectivity index (χ1) is 8.01. The number of hydrogen-bond donors (Lipinski definition) is 0. The van der Waals surface area contributed by atoms with Gasteiger partial charge in [-0.15, -0.1) is 0 Å². The minimum absolute atomic E-state index is 0.0134. The van der Waals surface area contributed by atoms with Crippen LogP contribution < -0.4 is 4.90 Å². The molecule has 1 aromatic carbocycles. The van der Waals surface area contributed by atoms with E-state index in [0.717, 1.165) is 24.4 Å². The second kappa shape index (κ2) is 3.20. The predicted molar refractivity (Wildman–Crippen MR) is 63.2 cm³/mol. The van der Waals surface area contributed by atoms with Crippen LogP contribution in [0.2, 0.25) is 0 Å². The van der Waals surface area contributed by atoms with E-state index in [1.807, 2.05) is 6.07 Å². The van der Waals surface area contributed by atoms with Crippen LogP contribution in [-0.4, -0.2) is 24.3 Å². The van der Waals surface area contributed by atoms with Crippen molar-refractivity contribution in [3.63, 3.8) is 0 Å². The lowest BCUT2D eigenvalue weighted by Crippen LogP contribution is -2.37. The minimum atomic E-state index is -0.347. The zero-order valence-electron chi connectivity index (χ0n) is 9.84. The maximum atomic E-state index is 10.8. The summed E-state index contributed by atoms with van der Waals surface area (Å²) in [4.78, 5) is 12.7. The normalized spacial score (nSPS) is 24.6. The van der Waals surface area contributed by atoms with Crippen molar-refractivity contribution in [1.82, 2.24) is 0 Å². The van der Waals surface area contributed by atoms with Crippen molar-refractivity contribution >= 4 is 11.4 Å². The van der Waals surface area contributed by atoms with Gasteiger partial charge in [-0.1, -0.05) is 13.8 Å². The van der Waals surface area contributed by atoms with Gasteiger partial charge in [0.05, 0.1) is 11.5 Å². The molecule has 2 aliphatic rings. The van der Waals surface area contributed by atoms with E-state index >= 15 is 0 Å². The van der Waals surface area contributed by atoms with Crippen LogP contribution in [-0.2, 0) is 10.2 Å². The third-order valence-electron chi connectivity index (χ3n) is 3.70. The lowest BCUT2D eigenvalue weighted by molar-refractivity contribution is -0.384. The smallest absolute Gasteiger partial charge is 0.269 e. The number of non-ortho nitro benzene ring substituents is 1. The highest BCUT2D eigenvalue weighted by atomic mass is 16.6. The Morgan fingerprint density at radius 1 is 1.53 bits per heavy atom. The molecule has 1 fully saturated rings. The molecule has 2 aliphatic heterocycles. The first-order valence-electron chi connectivity index (χ1n) is 5.69. The molecule has 0 amide bonds. The number of anilines is 1. The monoisotopic (exact) mass is 234 g/mol. The third kappa shape index (κ3) is 1.29. The van der Waals surface area contributed by atoms with Crippen LogP contribution >= 0.6 is 0 Å². The summed E-state index contributed by atoms with van der Waals surface area (Å²) in [5.74, 6) is 0. The van der Waals surface area contributed by atoms with Crippen LogP contribution in [0.3, 0.4) is 0 Å². The molecule has 17 heavy (non-hydrogen) atoms. The summed E-state index contributed by atoms with van der Waals surface area (Å²) in [7, 11) is 0. The van der Waals surface area contributed by atoms with Crippen LogP contribution in [0.4, 0.5) is 11.4 Å². The number of nitro benzene ring substituents is 1. The molecule has 1 saturated heterocycles. The molecule has 0 N–H and O–H groups in total. The van der Waals surface area contributed by atoms with Crippen molar-refractivity contribution in [3.8, 4) is 0 Å². The minimum Gasteiger partial charge on any atom is -0.356 e. The highest BCUT2D eigenvalue weighted by molar-refractivity contribution is 5.66. The van der Waals surface area contributed by atoms with Gasteiger partial charge < -0.3 is 9.64 Å². The summed E-state index contributed by atoms with van der Waals surface area (Å²) in [5, 5.41) is 10.8. The van der Waals surface area contributed by atoms with Crippen molar-refractivity contribution in [3.05, 3.63) is 33.9 Å². The van der Waals surface area contributed by atoms with E-state index in [1.54, 1.807) is 12.1 Å². The van der Waals surface area contributed by atoms with Gasteiger partial charge in [-0.3, -0.25) is 10.1 Å². The molecular formula is C12H14N2O3. The molecule has 5 heteroatoms. The van der Waals surface area contributed by atoms with E-state index < -0.39 is 0 Å². The molecule has 0 aliphatic carbocycles. The Hall–Kier alpha value is -1.62. The summed E-state index contributed by atoms with van der Waals surface area (Å²) in [6.45, 7) is 5.74.